The molecule has 0 aliphatic heterocycles. The van der Waals surface area contributed by atoms with E-state index in [1.807, 2.05) is 19.2 Å². The summed E-state index contributed by atoms with van der Waals surface area (Å²) in [5.41, 5.74) is 3.47. The van der Waals surface area contributed by atoms with Gasteiger partial charge in [-0.05, 0) is 50.1 Å². The van der Waals surface area contributed by atoms with Gasteiger partial charge >= 0.3 is 0 Å². The van der Waals surface area contributed by atoms with Crippen LogP contribution in [0.2, 0.25) is 0 Å². The molecule has 26 heavy (non-hydrogen) atoms. The summed E-state index contributed by atoms with van der Waals surface area (Å²) in [5, 5.41) is 8.01. The van der Waals surface area contributed by atoms with E-state index in [0.717, 1.165) is 22.6 Å². The van der Waals surface area contributed by atoms with Crippen molar-refractivity contribution in [2.45, 2.75) is 45.1 Å². The molecular weight excluding hydrogens is 329 g/mol. The average molecular weight is 351 g/mol. The SMILES string of the molecule is Cc1nn(-c2ccc(F)cc2)cc1-c1ccnc(NC2CCCCC2)n1. The smallest absolute Gasteiger partial charge is 0.223 e. The molecule has 2 heterocycles. The van der Waals surface area contributed by atoms with Crippen LogP contribution >= 0.6 is 0 Å². The van der Waals surface area contributed by atoms with Gasteiger partial charge in [-0.25, -0.2) is 19.0 Å². The minimum absolute atomic E-state index is 0.257. The number of aromatic nitrogens is 4. The number of halogens is 1. The van der Waals surface area contributed by atoms with E-state index in [1.54, 1.807) is 23.0 Å². The highest BCUT2D eigenvalue weighted by molar-refractivity contribution is 5.62. The molecule has 3 aromatic rings. The van der Waals surface area contributed by atoms with E-state index in [-0.39, 0.29) is 5.82 Å². The van der Waals surface area contributed by atoms with Crippen LogP contribution in [0.25, 0.3) is 16.9 Å². The molecule has 0 bridgehead atoms. The van der Waals surface area contributed by atoms with Gasteiger partial charge in [0.15, 0.2) is 0 Å². The van der Waals surface area contributed by atoms with Crippen LogP contribution in [0.5, 0.6) is 0 Å². The van der Waals surface area contributed by atoms with Crippen LogP contribution in [0.3, 0.4) is 0 Å². The van der Waals surface area contributed by atoms with E-state index < -0.39 is 0 Å². The predicted molar refractivity (Wildman–Crippen MR) is 99.8 cm³/mol. The summed E-state index contributed by atoms with van der Waals surface area (Å²) in [6.07, 6.45) is 9.91. The van der Waals surface area contributed by atoms with E-state index in [0.29, 0.717) is 12.0 Å². The van der Waals surface area contributed by atoms with E-state index in [1.165, 1.54) is 44.2 Å². The predicted octanol–water partition coefficient (Wildman–Crippen LogP) is 4.52. The molecule has 6 heteroatoms. The van der Waals surface area contributed by atoms with Gasteiger partial charge in [-0.15, -0.1) is 0 Å². The highest BCUT2D eigenvalue weighted by Gasteiger charge is 2.15. The van der Waals surface area contributed by atoms with Crippen LogP contribution < -0.4 is 5.32 Å². The van der Waals surface area contributed by atoms with Crippen LogP contribution in [-0.4, -0.2) is 25.8 Å². The maximum atomic E-state index is 13.1. The van der Waals surface area contributed by atoms with Crippen molar-refractivity contribution >= 4 is 5.95 Å². The molecule has 0 unspecified atom stereocenters. The lowest BCUT2D eigenvalue weighted by molar-refractivity contribution is 0.461. The highest BCUT2D eigenvalue weighted by Crippen LogP contribution is 2.24. The Kier molecular flexibility index (Phi) is 4.65. The maximum absolute atomic E-state index is 13.1. The number of hydrogen-bond donors (Lipinski definition) is 1. The van der Waals surface area contributed by atoms with Crippen LogP contribution in [0.4, 0.5) is 10.3 Å². The third-order valence-electron chi connectivity index (χ3n) is 4.86. The molecule has 1 N–H and O–H groups in total. The molecule has 0 radical (unpaired) electrons. The Hall–Kier alpha value is -2.76. The molecular formula is C20H22FN5. The lowest BCUT2D eigenvalue weighted by atomic mass is 9.96. The Morgan fingerprint density at radius 2 is 1.85 bits per heavy atom. The maximum Gasteiger partial charge on any atom is 0.223 e. The van der Waals surface area contributed by atoms with Crippen molar-refractivity contribution in [3.05, 3.63) is 54.2 Å². The molecule has 0 spiro atoms. The number of rotatable bonds is 4. The van der Waals surface area contributed by atoms with Crippen LogP contribution in [0.15, 0.2) is 42.7 Å². The molecule has 134 valence electrons. The first-order chi connectivity index (χ1) is 12.7. The fourth-order valence-corrected chi connectivity index (χ4v) is 3.45. The van der Waals surface area contributed by atoms with E-state index in [9.17, 15) is 4.39 Å². The third kappa shape index (κ3) is 3.59. The van der Waals surface area contributed by atoms with Gasteiger partial charge in [0.2, 0.25) is 5.95 Å². The Balaban J connectivity index is 1.59. The number of aryl methyl sites for hydroxylation is 1. The Morgan fingerprint density at radius 3 is 2.62 bits per heavy atom. The van der Waals surface area contributed by atoms with Gasteiger partial charge in [-0.3, -0.25) is 0 Å². The zero-order chi connectivity index (χ0) is 17.9. The highest BCUT2D eigenvalue weighted by atomic mass is 19.1. The van der Waals surface area contributed by atoms with Crippen molar-refractivity contribution in [2.75, 3.05) is 5.32 Å². The van der Waals surface area contributed by atoms with Gasteiger partial charge in [-0.1, -0.05) is 19.3 Å². The summed E-state index contributed by atoms with van der Waals surface area (Å²) in [7, 11) is 0. The van der Waals surface area contributed by atoms with Crippen LogP contribution in [-0.2, 0) is 0 Å². The molecule has 1 aromatic carbocycles. The first kappa shape index (κ1) is 16.7. The number of nitrogens with one attached hydrogen (secondary N) is 1. The molecule has 1 aliphatic rings. The number of benzene rings is 1. The van der Waals surface area contributed by atoms with Gasteiger partial charge in [0.1, 0.15) is 5.82 Å². The Labute approximate surface area is 152 Å². The molecule has 1 saturated carbocycles. The molecule has 1 fully saturated rings. The normalized spacial score (nSPS) is 15.2. The van der Waals surface area contributed by atoms with Gasteiger partial charge in [-0.2, -0.15) is 5.10 Å². The second-order valence-corrected chi connectivity index (χ2v) is 6.79. The van der Waals surface area contributed by atoms with Crippen molar-refractivity contribution in [1.82, 2.24) is 19.7 Å². The van der Waals surface area contributed by atoms with E-state index in [2.05, 4.69) is 20.4 Å². The monoisotopic (exact) mass is 351 g/mol. The van der Waals surface area contributed by atoms with Gasteiger partial charge < -0.3 is 5.32 Å². The Bertz CT molecular complexity index is 881. The minimum Gasteiger partial charge on any atom is -0.351 e. The average Bonchev–Trinajstić information content (AvgIpc) is 3.05. The summed E-state index contributed by atoms with van der Waals surface area (Å²) in [6, 6.07) is 8.64. The van der Waals surface area contributed by atoms with Gasteiger partial charge in [0.05, 0.1) is 17.1 Å². The summed E-state index contributed by atoms with van der Waals surface area (Å²) < 4.78 is 14.9. The fraction of sp³-hybridized carbons (Fsp3) is 0.350. The van der Waals surface area contributed by atoms with Crippen molar-refractivity contribution in [2.24, 2.45) is 0 Å². The molecule has 1 aliphatic carbocycles. The quantitative estimate of drug-likeness (QED) is 0.751. The number of anilines is 1. The van der Waals surface area contributed by atoms with Gasteiger partial charge in [0.25, 0.3) is 0 Å². The molecule has 0 amide bonds. The zero-order valence-electron chi connectivity index (χ0n) is 14.8. The summed E-state index contributed by atoms with van der Waals surface area (Å²) >= 11 is 0. The first-order valence-corrected chi connectivity index (χ1v) is 9.11. The largest absolute Gasteiger partial charge is 0.351 e. The van der Waals surface area contributed by atoms with Crippen LogP contribution in [0.1, 0.15) is 37.8 Å². The Morgan fingerprint density at radius 1 is 1.08 bits per heavy atom. The van der Waals surface area contributed by atoms with Gasteiger partial charge in [0, 0.05) is 24.0 Å². The van der Waals surface area contributed by atoms with E-state index >= 15 is 0 Å². The second kappa shape index (κ2) is 7.23. The third-order valence-corrected chi connectivity index (χ3v) is 4.86. The zero-order valence-corrected chi connectivity index (χ0v) is 14.8. The van der Waals surface area contributed by atoms with Crippen molar-refractivity contribution in [3.63, 3.8) is 0 Å². The lowest BCUT2D eigenvalue weighted by Crippen LogP contribution is -2.23. The lowest BCUT2D eigenvalue weighted by Gasteiger charge is -2.22. The number of nitrogens with zero attached hydrogens (tertiary/aromatic N) is 4. The summed E-state index contributed by atoms with van der Waals surface area (Å²) in [5.74, 6) is 0.412. The van der Waals surface area contributed by atoms with Crippen molar-refractivity contribution in [1.29, 1.82) is 0 Å². The molecule has 4 rings (SSSR count). The molecule has 5 nitrogen and oxygen atoms in total. The number of hydrogen-bond acceptors (Lipinski definition) is 4. The van der Waals surface area contributed by atoms with E-state index in [4.69, 9.17) is 0 Å². The molecule has 0 saturated heterocycles. The van der Waals surface area contributed by atoms with Crippen molar-refractivity contribution < 1.29 is 4.39 Å². The van der Waals surface area contributed by atoms with Crippen molar-refractivity contribution in [3.8, 4) is 16.9 Å². The molecule has 2 aromatic heterocycles. The minimum atomic E-state index is -0.257. The second-order valence-electron chi connectivity index (χ2n) is 6.79. The molecule has 0 atom stereocenters. The topological polar surface area (TPSA) is 55.6 Å². The standard InChI is InChI=1S/C20H22FN5/c1-14-18(13-26(25-14)17-9-7-15(21)8-10-17)19-11-12-22-20(24-19)23-16-5-3-2-4-6-16/h7-13,16H,2-6H2,1H3,(H,22,23,24). The summed E-state index contributed by atoms with van der Waals surface area (Å²) in [6.45, 7) is 1.95. The summed E-state index contributed by atoms with van der Waals surface area (Å²) in [4.78, 5) is 9.06. The van der Waals surface area contributed by atoms with Crippen LogP contribution in [0, 0.1) is 12.7 Å². The fourth-order valence-electron chi connectivity index (χ4n) is 3.45. The first-order valence-electron chi connectivity index (χ1n) is 9.11.